The Morgan fingerprint density at radius 2 is 2.12 bits per heavy atom. The van der Waals surface area contributed by atoms with Crippen molar-refractivity contribution < 1.29 is 0 Å². The standard InChI is InChI=1S/C12H18N4S/c1-7(13-4)10-6-14-12(17-10)11-8(2)15-16(5)9(11)3/h6-7,13H,1-5H3. The monoisotopic (exact) mass is 250 g/mol. The topological polar surface area (TPSA) is 42.7 Å². The van der Waals surface area contributed by atoms with Crippen LogP contribution in [0.1, 0.15) is 29.2 Å². The van der Waals surface area contributed by atoms with Gasteiger partial charge in [0.15, 0.2) is 0 Å². The number of aryl methyl sites for hydroxylation is 2. The number of hydrogen-bond donors (Lipinski definition) is 1. The normalized spacial score (nSPS) is 13.0. The average molecular weight is 250 g/mol. The Bertz CT molecular complexity index is 527. The first-order valence-electron chi connectivity index (χ1n) is 5.68. The Labute approximate surface area is 106 Å². The summed E-state index contributed by atoms with van der Waals surface area (Å²) >= 11 is 1.73. The highest BCUT2D eigenvalue weighted by Gasteiger charge is 2.16. The van der Waals surface area contributed by atoms with E-state index in [1.165, 1.54) is 16.1 Å². The van der Waals surface area contributed by atoms with Crippen molar-refractivity contribution in [2.24, 2.45) is 7.05 Å². The van der Waals surface area contributed by atoms with Gasteiger partial charge in [-0.05, 0) is 27.8 Å². The number of aromatic nitrogens is 3. The molecule has 1 atom stereocenters. The van der Waals surface area contributed by atoms with Crippen LogP contribution in [0.25, 0.3) is 10.6 Å². The first-order valence-corrected chi connectivity index (χ1v) is 6.49. The van der Waals surface area contributed by atoms with Gasteiger partial charge in [-0.3, -0.25) is 4.68 Å². The third kappa shape index (κ3) is 2.12. The highest BCUT2D eigenvalue weighted by atomic mass is 32.1. The van der Waals surface area contributed by atoms with Gasteiger partial charge >= 0.3 is 0 Å². The van der Waals surface area contributed by atoms with E-state index in [9.17, 15) is 0 Å². The number of hydrogen-bond acceptors (Lipinski definition) is 4. The Kier molecular flexibility index (Phi) is 3.31. The predicted molar refractivity (Wildman–Crippen MR) is 71.3 cm³/mol. The molecule has 0 aliphatic heterocycles. The summed E-state index contributed by atoms with van der Waals surface area (Å²) in [6.45, 7) is 6.25. The van der Waals surface area contributed by atoms with Crippen LogP contribution in [0.15, 0.2) is 6.20 Å². The Morgan fingerprint density at radius 3 is 2.65 bits per heavy atom. The molecule has 92 valence electrons. The molecule has 0 spiro atoms. The van der Waals surface area contributed by atoms with Crippen molar-refractivity contribution in [1.29, 1.82) is 0 Å². The number of nitrogens with one attached hydrogen (secondary N) is 1. The van der Waals surface area contributed by atoms with Gasteiger partial charge in [0.1, 0.15) is 5.01 Å². The lowest BCUT2D eigenvalue weighted by Gasteiger charge is -2.04. The van der Waals surface area contributed by atoms with Crippen LogP contribution in [0, 0.1) is 13.8 Å². The molecule has 4 nitrogen and oxygen atoms in total. The van der Waals surface area contributed by atoms with E-state index in [2.05, 4.69) is 29.2 Å². The molecule has 1 unspecified atom stereocenters. The van der Waals surface area contributed by atoms with Crippen LogP contribution in [0.2, 0.25) is 0 Å². The molecule has 0 aliphatic carbocycles. The minimum absolute atomic E-state index is 0.346. The SMILES string of the molecule is CNC(C)c1cnc(-c2c(C)nn(C)c2C)s1. The lowest BCUT2D eigenvalue weighted by molar-refractivity contribution is 0.662. The van der Waals surface area contributed by atoms with E-state index in [4.69, 9.17) is 0 Å². The fraction of sp³-hybridized carbons (Fsp3) is 0.500. The van der Waals surface area contributed by atoms with Crippen molar-refractivity contribution in [3.63, 3.8) is 0 Å². The lowest BCUT2D eigenvalue weighted by Crippen LogP contribution is -2.10. The summed E-state index contributed by atoms with van der Waals surface area (Å²) in [6, 6.07) is 0.346. The summed E-state index contributed by atoms with van der Waals surface area (Å²) in [7, 11) is 3.93. The smallest absolute Gasteiger partial charge is 0.127 e. The fourth-order valence-electron chi connectivity index (χ4n) is 1.83. The Balaban J connectivity index is 2.43. The van der Waals surface area contributed by atoms with Gasteiger partial charge in [0.05, 0.1) is 11.3 Å². The zero-order valence-electron chi connectivity index (χ0n) is 10.9. The van der Waals surface area contributed by atoms with E-state index in [1.54, 1.807) is 11.3 Å². The highest BCUT2D eigenvalue weighted by Crippen LogP contribution is 2.32. The lowest BCUT2D eigenvalue weighted by atomic mass is 10.2. The molecule has 17 heavy (non-hydrogen) atoms. The van der Waals surface area contributed by atoms with E-state index in [0.29, 0.717) is 6.04 Å². The molecule has 0 saturated heterocycles. The molecule has 0 radical (unpaired) electrons. The van der Waals surface area contributed by atoms with E-state index in [1.807, 2.05) is 31.9 Å². The van der Waals surface area contributed by atoms with Crippen LogP contribution in [0.4, 0.5) is 0 Å². The minimum Gasteiger partial charge on any atom is -0.312 e. The maximum atomic E-state index is 4.52. The van der Waals surface area contributed by atoms with E-state index in [0.717, 1.165) is 10.7 Å². The first kappa shape index (κ1) is 12.3. The Hall–Kier alpha value is -1.20. The van der Waals surface area contributed by atoms with Crippen LogP contribution in [0.3, 0.4) is 0 Å². The predicted octanol–water partition coefficient (Wildman–Crippen LogP) is 2.44. The largest absolute Gasteiger partial charge is 0.312 e. The quantitative estimate of drug-likeness (QED) is 0.910. The summed E-state index contributed by atoms with van der Waals surface area (Å²) in [5.41, 5.74) is 3.38. The van der Waals surface area contributed by atoms with Crippen LogP contribution in [-0.4, -0.2) is 21.8 Å². The van der Waals surface area contributed by atoms with E-state index < -0.39 is 0 Å². The molecular formula is C12H18N4S. The summed E-state index contributed by atoms with van der Waals surface area (Å²) < 4.78 is 1.91. The molecule has 2 heterocycles. The molecule has 0 aromatic carbocycles. The van der Waals surface area contributed by atoms with Gasteiger partial charge in [-0.15, -0.1) is 11.3 Å². The first-order chi connectivity index (χ1) is 8.04. The summed E-state index contributed by atoms with van der Waals surface area (Å²) in [5.74, 6) is 0. The molecule has 1 N–H and O–H groups in total. The zero-order chi connectivity index (χ0) is 12.6. The second-order valence-electron chi connectivity index (χ2n) is 4.25. The van der Waals surface area contributed by atoms with Gasteiger partial charge in [0.2, 0.25) is 0 Å². The maximum absolute atomic E-state index is 4.52. The third-order valence-electron chi connectivity index (χ3n) is 3.11. The molecular weight excluding hydrogens is 232 g/mol. The van der Waals surface area contributed by atoms with E-state index in [-0.39, 0.29) is 0 Å². The maximum Gasteiger partial charge on any atom is 0.127 e. The minimum atomic E-state index is 0.346. The number of rotatable bonds is 3. The molecule has 0 fully saturated rings. The average Bonchev–Trinajstić information content (AvgIpc) is 2.85. The molecule has 0 amide bonds. The molecule has 0 saturated carbocycles. The Morgan fingerprint density at radius 1 is 1.41 bits per heavy atom. The second-order valence-corrected chi connectivity index (χ2v) is 5.31. The van der Waals surface area contributed by atoms with Crippen LogP contribution >= 0.6 is 11.3 Å². The van der Waals surface area contributed by atoms with Gasteiger partial charge in [-0.1, -0.05) is 0 Å². The third-order valence-corrected chi connectivity index (χ3v) is 4.30. The van der Waals surface area contributed by atoms with Gasteiger partial charge in [0.25, 0.3) is 0 Å². The van der Waals surface area contributed by atoms with Crippen LogP contribution in [0.5, 0.6) is 0 Å². The highest BCUT2D eigenvalue weighted by molar-refractivity contribution is 7.15. The second kappa shape index (κ2) is 4.58. The van der Waals surface area contributed by atoms with Crippen molar-refractivity contribution in [3.8, 4) is 10.6 Å². The van der Waals surface area contributed by atoms with Gasteiger partial charge in [0, 0.05) is 29.9 Å². The number of nitrogens with zero attached hydrogens (tertiary/aromatic N) is 3. The molecule has 5 heteroatoms. The van der Waals surface area contributed by atoms with Crippen molar-refractivity contribution in [3.05, 3.63) is 22.5 Å². The van der Waals surface area contributed by atoms with Gasteiger partial charge in [-0.2, -0.15) is 5.10 Å². The van der Waals surface area contributed by atoms with Crippen molar-refractivity contribution in [1.82, 2.24) is 20.1 Å². The molecule has 2 aromatic rings. The molecule has 0 aliphatic rings. The molecule has 2 rings (SSSR count). The summed E-state index contributed by atoms with van der Waals surface area (Å²) in [4.78, 5) is 5.77. The van der Waals surface area contributed by atoms with Crippen molar-refractivity contribution >= 4 is 11.3 Å². The van der Waals surface area contributed by atoms with E-state index >= 15 is 0 Å². The van der Waals surface area contributed by atoms with Crippen LogP contribution < -0.4 is 5.32 Å². The fourth-order valence-corrected chi connectivity index (χ4v) is 2.95. The van der Waals surface area contributed by atoms with Gasteiger partial charge in [-0.25, -0.2) is 4.98 Å². The van der Waals surface area contributed by atoms with Gasteiger partial charge < -0.3 is 5.32 Å². The van der Waals surface area contributed by atoms with Crippen LogP contribution in [-0.2, 0) is 7.05 Å². The van der Waals surface area contributed by atoms with Crippen molar-refractivity contribution in [2.45, 2.75) is 26.8 Å². The zero-order valence-corrected chi connectivity index (χ0v) is 11.7. The summed E-state index contributed by atoms with van der Waals surface area (Å²) in [6.07, 6.45) is 1.95. The van der Waals surface area contributed by atoms with Crippen molar-refractivity contribution in [2.75, 3.05) is 7.05 Å². The molecule has 0 bridgehead atoms. The molecule has 2 aromatic heterocycles. The summed E-state index contributed by atoms with van der Waals surface area (Å²) in [5, 5.41) is 8.72. The number of thiazole rings is 1.